The fourth-order valence-corrected chi connectivity index (χ4v) is 3.47. The van der Waals surface area contributed by atoms with Gasteiger partial charge in [0.15, 0.2) is 0 Å². The van der Waals surface area contributed by atoms with Crippen LogP contribution in [0.5, 0.6) is 0 Å². The maximum atomic E-state index is 14.0. The van der Waals surface area contributed by atoms with Gasteiger partial charge in [0.05, 0.1) is 17.2 Å². The van der Waals surface area contributed by atoms with Gasteiger partial charge in [0.25, 0.3) is 0 Å². The Balaban J connectivity index is 2.20. The number of thiophene rings is 1. The van der Waals surface area contributed by atoms with Crippen LogP contribution in [0.4, 0.5) is 4.39 Å². The van der Waals surface area contributed by atoms with Crippen molar-refractivity contribution in [1.82, 2.24) is 9.78 Å². The summed E-state index contributed by atoms with van der Waals surface area (Å²) in [7, 11) is 0. The van der Waals surface area contributed by atoms with Crippen LogP contribution in [0.15, 0.2) is 35.1 Å². The number of aromatic nitrogens is 2. The summed E-state index contributed by atoms with van der Waals surface area (Å²) in [5.74, 6) is -1.46. The van der Waals surface area contributed by atoms with Gasteiger partial charge < -0.3 is 5.11 Å². The Morgan fingerprint density at radius 1 is 1.50 bits per heavy atom. The van der Waals surface area contributed by atoms with Gasteiger partial charge in [-0.25, -0.2) is 9.18 Å². The monoisotopic (exact) mass is 354 g/mol. The van der Waals surface area contributed by atoms with E-state index in [0.29, 0.717) is 15.6 Å². The highest BCUT2D eigenvalue weighted by Gasteiger charge is 2.20. The van der Waals surface area contributed by atoms with E-state index in [0.717, 1.165) is 15.8 Å². The van der Waals surface area contributed by atoms with Crippen LogP contribution in [0.2, 0.25) is 0 Å². The molecule has 1 aromatic carbocycles. The Kier molecular flexibility index (Phi) is 3.31. The summed E-state index contributed by atoms with van der Waals surface area (Å²) in [4.78, 5) is 11.5. The fourth-order valence-electron chi connectivity index (χ4n) is 2.08. The molecular formula is C13H8BrFN2O2S. The standard InChI is InChI=1S/C13H8BrFN2O2S/c14-7-4-16-17(5-7)6-8-11-9(15)2-1-3-10(11)20-12(8)13(18)19/h1-5H,6H2,(H,18,19). The minimum absolute atomic E-state index is 0.150. The minimum Gasteiger partial charge on any atom is -0.477 e. The predicted molar refractivity (Wildman–Crippen MR) is 77.8 cm³/mol. The predicted octanol–water partition coefficient (Wildman–Crippen LogP) is 3.75. The van der Waals surface area contributed by atoms with Gasteiger partial charge in [0.2, 0.25) is 0 Å². The third-order valence-corrected chi connectivity index (χ3v) is 4.47. The molecule has 0 fully saturated rings. The van der Waals surface area contributed by atoms with E-state index in [-0.39, 0.29) is 11.4 Å². The van der Waals surface area contributed by atoms with E-state index in [4.69, 9.17) is 0 Å². The molecule has 0 aliphatic carbocycles. The third kappa shape index (κ3) is 2.23. The molecule has 0 spiro atoms. The molecule has 0 aliphatic rings. The molecule has 3 rings (SSSR count). The number of benzene rings is 1. The molecule has 0 aliphatic heterocycles. The molecule has 0 atom stereocenters. The number of hydrogen-bond acceptors (Lipinski definition) is 3. The summed E-state index contributed by atoms with van der Waals surface area (Å²) in [6.45, 7) is 0.216. The maximum Gasteiger partial charge on any atom is 0.346 e. The zero-order valence-electron chi connectivity index (χ0n) is 10.0. The van der Waals surface area contributed by atoms with Crippen LogP contribution in [0, 0.1) is 5.82 Å². The van der Waals surface area contributed by atoms with Crippen LogP contribution < -0.4 is 0 Å². The van der Waals surface area contributed by atoms with Crippen molar-refractivity contribution in [3.63, 3.8) is 0 Å². The number of hydrogen-bond donors (Lipinski definition) is 1. The minimum atomic E-state index is -1.05. The lowest BCUT2D eigenvalue weighted by molar-refractivity contribution is 0.0701. The summed E-state index contributed by atoms with van der Waals surface area (Å²) in [5.41, 5.74) is 0.450. The second kappa shape index (κ2) is 4.99. The van der Waals surface area contributed by atoms with Gasteiger partial charge in [0.1, 0.15) is 10.7 Å². The van der Waals surface area contributed by atoms with E-state index in [1.165, 1.54) is 6.07 Å². The maximum absolute atomic E-state index is 14.0. The molecule has 0 unspecified atom stereocenters. The number of nitrogens with zero attached hydrogens (tertiary/aromatic N) is 2. The van der Waals surface area contributed by atoms with Gasteiger partial charge in [-0.3, -0.25) is 4.68 Å². The number of rotatable bonds is 3. The van der Waals surface area contributed by atoms with Crippen molar-refractivity contribution in [2.75, 3.05) is 0 Å². The lowest BCUT2D eigenvalue weighted by Gasteiger charge is -2.03. The second-order valence-corrected chi connectivity index (χ2v) is 6.15. The highest BCUT2D eigenvalue weighted by atomic mass is 79.9. The largest absolute Gasteiger partial charge is 0.477 e. The van der Waals surface area contributed by atoms with Crippen molar-refractivity contribution in [1.29, 1.82) is 0 Å². The summed E-state index contributed by atoms with van der Waals surface area (Å²) in [6.07, 6.45) is 3.32. The Morgan fingerprint density at radius 2 is 2.30 bits per heavy atom. The van der Waals surface area contributed by atoms with Gasteiger partial charge in [-0.2, -0.15) is 5.10 Å². The quantitative estimate of drug-likeness (QED) is 0.779. The first kappa shape index (κ1) is 13.3. The average molecular weight is 355 g/mol. The number of fused-ring (bicyclic) bond motifs is 1. The van der Waals surface area contributed by atoms with Crippen LogP contribution in [-0.2, 0) is 6.54 Å². The summed E-state index contributed by atoms with van der Waals surface area (Å²) in [5, 5.41) is 13.7. The molecule has 7 heteroatoms. The van der Waals surface area contributed by atoms with Gasteiger partial charge in [-0.1, -0.05) is 6.07 Å². The first-order valence-corrected chi connectivity index (χ1v) is 7.28. The number of carboxylic acids is 1. The van der Waals surface area contributed by atoms with Crippen LogP contribution >= 0.6 is 27.3 Å². The Hall–Kier alpha value is -1.73. The third-order valence-electron chi connectivity index (χ3n) is 2.88. The Labute approximate surface area is 125 Å². The SMILES string of the molecule is O=C(O)c1sc2cccc(F)c2c1Cn1cc(Br)cn1. The van der Waals surface area contributed by atoms with Crippen molar-refractivity contribution in [3.8, 4) is 0 Å². The van der Waals surface area contributed by atoms with Crippen molar-refractivity contribution in [2.24, 2.45) is 0 Å². The number of carbonyl (C=O) groups is 1. The van der Waals surface area contributed by atoms with Crippen LogP contribution in [-0.4, -0.2) is 20.9 Å². The Morgan fingerprint density at radius 3 is 2.95 bits per heavy atom. The lowest BCUT2D eigenvalue weighted by atomic mass is 10.1. The molecule has 102 valence electrons. The molecule has 4 nitrogen and oxygen atoms in total. The summed E-state index contributed by atoms with van der Waals surface area (Å²) in [6, 6.07) is 4.63. The lowest BCUT2D eigenvalue weighted by Crippen LogP contribution is -2.05. The van der Waals surface area contributed by atoms with E-state index in [9.17, 15) is 14.3 Å². The number of halogens is 2. The van der Waals surface area contributed by atoms with Crippen LogP contribution in [0.25, 0.3) is 10.1 Å². The van der Waals surface area contributed by atoms with E-state index in [2.05, 4.69) is 21.0 Å². The highest BCUT2D eigenvalue weighted by molar-refractivity contribution is 9.10. The van der Waals surface area contributed by atoms with Crippen LogP contribution in [0.1, 0.15) is 15.2 Å². The zero-order chi connectivity index (χ0) is 14.3. The fraction of sp³-hybridized carbons (Fsp3) is 0.0769. The van der Waals surface area contributed by atoms with Crippen molar-refractivity contribution >= 4 is 43.3 Å². The number of carboxylic acid groups (broad SMARTS) is 1. The van der Waals surface area contributed by atoms with E-state index < -0.39 is 11.8 Å². The van der Waals surface area contributed by atoms with Crippen molar-refractivity contribution < 1.29 is 14.3 Å². The average Bonchev–Trinajstić information content (AvgIpc) is 2.95. The molecule has 20 heavy (non-hydrogen) atoms. The second-order valence-electron chi connectivity index (χ2n) is 4.18. The normalized spacial score (nSPS) is 11.1. The highest BCUT2D eigenvalue weighted by Crippen LogP contribution is 2.33. The first-order valence-electron chi connectivity index (χ1n) is 5.67. The molecule has 1 N–H and O–H groups in total. The van der Waals surface area contributed by atoms with E-state index >= 15 is 0 Å². The summed E-state index contributed by atoms with van der Waals surface area (Å²) < 4.78 is 17.0. The van der Waals surface area contributed by atoms with Gasteiger partial charge in [-0.15, -0.1) is 11.3 Å². The van der Waals surface area contributed by atoms with Gasteiger partial charge in [0, 0.05) is 21.8 Å². The van der Waals surface area contributed by atoms with E-state index in [1.54, 1.807) is 29.2 Å². The Bertz CT molecular complexity index is 812. The molecule has 3 aromatic rings. The topological polar surface area (TPSA) is 55.1 Å². The zero-order valence-corrected chi connectivity index (χ0v) is 12.4. The molecule has 0 bridgehead atoms. The van der Waals surface area contributed by atoms with E-state index in [1.807, 2.05) is 0 Å². The van der Waals surface area contributed by atoms with Crippen molar-refractivity contribution in [2.45, 2.75) is 6.54 Å². The molecule has 0 radical (unpaired) electrons. The van der Waals surface area contributed by atoms with Crippen LogP contribution in [0.3, 0.4) is 0 Å². The molecular weight excluding hydrogens is 347 g/mol. The van der Waals surface area contributed by atoms with Gasteiger partial charge in [-0.05, 0) is 28.1 Å². The molecule has 0 saturated carbocycles. The molecule has 2 aromatic heterocycles. The smallest absolute Gasteiger partial charge is 0.346 e. The number of aromatic carboxylic acids is 1. The molecule has 2 heterocycles. The van der Waals surface area contributed by atoms with Crippen molar-refractivity contribution in [3.05, 3.63) is 51.3 Å². The molecule has 0 saturated heterocycles. The van der Waals surface area contributed by atoms with Gasteiger partial charge >= 0.3 is 5.97 Å². The summed E-state index contributed by atoms with van der Waals surface area (Å²) >= 11 is 4.36. The first-order chi connectivity index (χ1) is 9.56. The molecule has 0 amide bonds.